The molecule has 11 atom stereocenters. The summed E-state index contributed by atoms with van der Waals surface area (Å²) in [6.07, 6.45) is 6.25. The maximum atomic E-state index is 11.5. The Morgan fingerprint density at radius 2 is 1.76 bits per heavy atom. The van der Waals surface area contributed by atoms with Gasteiger partial charge >= 0.3 is 5.97 Å². The summed E-state index contributed by atoms with van der Waals surface area (Å²) in [6, 6.07) is 0. The lowest BCUT2D eigenvalue weighted by atomic mass is 9.43. The molecule has 0 aromatic rings. The van der Waals surface area contributed by atoms with E-state index in [1.54, 1.807) is 0 Å². The Labute approximate surface area is 174 Å². The van der Waals surface area contributed by atoms with Gasteiger partial charge < -0.3 is 20.4 Å². The van der Waals surface area contributed by atoms with E-state index in [1.165, 1.54) is 25.7 Å². The van der Waals surface area contributed by atoms with Gasteiger partial charge in [0.05, 0.1) is 18.3 Å². The standard InChI is InChI=1S/C24H40O5/c1-13(7-8-20(28)29)22-18(26)11-16-21-15(12-19(27)24(16,22)3)23(2)9-5-4-6-14(23)10-17(21)25/h13-19,21-22,25-27H,4-12H2,1-3H3,(H,28,29)/t13-,14?,15+,16+,17?,18?,19?,21-,22+,23+,24-/m1/s1. The summed E-state index contributed by atoms with van der Waals surface area (Å²) in [4.78, 5) is 11.1. The van der Waals surface area contributed by atoms with E-state index >= 15 is 0 Å². The van der Waals surface area contributed by atoms with E-state index in [-0.39, 0.29) is 41.6 Å². The fourth-order valence-electron chi connectivity index (χ4n) is 8.82. The molecule has 29 heavy (non-hydrogen) atoms. The Morgan fingerprint density at radius 1 is 1.03 bits per heavy atom. The predicted molar refractivity (Wildman–Crippen MR) is 110 cm³/mol. The molecule has 0 heterocycles. The van der Waals surface area contributed by atoms with Crippen LogP contribution in [0.5, 0.6) is 0 Å². The molecule has 0 radical (unpaired) electrons. The highest BCUT2D eigenvalue weighted by Gasteiger charge is 2.67. The highest BCUT2D eigenvalue weighted by atomic mass is 16.4. The molecular formula is C24H40O5. The van der Waals surface area contributed by atoms with Gasteiger partial charge in [0.1, 0.15) is 0 Å². The fourth-order valence-corrected chi connectivity index (χ4v) is 8.82. The third-order valence-electron chi connectivity index (χ3n) is 10.2. The smallest absolute Gasteiger partial charge is 0.303 e. The molecule has 0 aromatic heterocycles. The van der Waals surface area contributed by atoms with Crippen molar-refractivity contribution in [3.05, 3.63) is 0 Å². The molecule has 5 heteroatoms. The molecule has 4 rings (SSSR count). The zero-order chi connectivity index (χ0) is 21.1. The molecule has 0 spiro atoms. The largest absolute Gasteiger partial charge is 0.481 e. The third-order valence-corrected chi connectivity index (χ3v) is 10.2. The van der Waals surface area contributed by atoms with E-state index in [2.05, 4.69) is 13.8 Å². The number of fused-ring (bicyclic) bond motifs is 5. The van der Waals surface area contributed by atoms with E-state index in [0.29, 0.717) is 31.1 Å². The van der Waals surface area contributed by atoms with E-state index < -0.39 is 23.6 Å². The van der Waals surface area contributed by atoms with Gasteiger partial charge in [0.25, 0.3) is 0 Å². The zero-order valence-electron chi connectivity index (χ0n) is 18.3. The first kappa shape index (κ1) is 21.6. The third kappa shape index (κ3) is 3.18. The van der Waals surface area contributed by atoms with E-state index in [9.17, 15) is 20.1 Å². The van der Waals surface area contributed by atoms with Crippen LogP contribution in [0, 0.1) is 46.3 Å². The molecule has 5 nitrogen and oxygen atoms in total. The number of rotatable bonds is 4. The van der Waals surface area contributed by atoms with Gasteiger partial charge in [-0.05, 0) is 79.4 Å². The van der Waals surface area contributed by atoms with E-state index in [1.807, 2.05) is 6.92 Å². The Morgan fingerprint density at radius 3 is 2.45 bits per heavy atom. The van der Waals surface area contributed by atoms with Gasteiger partial charge in [0.2, 0.25) is 0 Å². The van der Waals surface area contributed by atoms with Crippen LogP contribution in [0.2, 0.25) is 0 Å². The first-order valence-electron chi connectivity index (χ1n) is 11.9. The summed E-state index contributed by atoms with van der Waals surface area (Å²) >= 11 is 0. The van der Waals surface area contributed by atoms with Crippen molar-refractivity contribution in [2.24, 2.45) is 46.3 Å². The van der Waals surface area contributed by atoms with Crippen molar-refractivity contribution in [2.45, 2.75) is 96.9 Å². The molecule has 0 aromatic carbocycles. The zero-order valence-corrected chi connectivity index (χ0v) is 18.3. The molecule has 0 amide bonds. The number of aliphatic hydroxyl groups is 3. The summed E-state index contributed by atoms with van der Waals surface area (Å²) in [6.45, 7) is 6.53. The number of hydrogen-bond donors (Lipinski definition) is 4. The Balaban J connectivity index is 1.65. The van der Waals surface area contributed by atoms with Gasteiger partial charge in [-0.2, -0.15) is 0 Å². The molecule has 4 fully saturated rings. The maximum Gasteiger partial charge on any atom is 0.303 e. The van der Waals surface area contributed by atoms with Gasteiger partial charge in [-0.15, -0.1) is 0 Å². The van der Waals surface area contributed by atoms with Gasteiger partial charge in [0.15, 0.2) is 0 Å². The summed E-state index contributed by atoms with van der Waals surface area (Å²) in [5.41, 5.74) is -0.278. The van der Waals surface area contributed by atoms with Crippen molar-refractivity contribution < 1.29 is 25.2 Å². The van der Waals surface area contributed by atoms with E-state index in [4.69, 9.17) is 5.11 Å². The lowest BCUT2D eigenvalue weighted by Crippen LogP contribution is -2.61. The lowest BCUT2D eigenvalue weighted by molar-refractivity contribution is -0.202. The topological polar surface area (TPSA) is 98.0 Å². The van der Waals surface area contributed by atoms with Crippen LogP contribution in [0.15, 0.2) is 0 Å². The molecular weight excluding hydrogens is 368 g/mol. The molecule has 4 unspecified atom stereocenters. The number of hydrogen-bond acceptors (Lipinski definition) is 4. The SMILES string of the molecule is C[C@H](CCC(=O)O)[C@H]1C(O)C[C@H]2[C@@H]3C(O)CC4CCCC[C@]4(C)[C@H]3CC(O)[C@]12C. The maximum absolute atomic E-state index is 11.5. The minimum atomic E-state index is -0.811. The van der Waals surface area contributed by atoms with Gasteiger partial charge in [-0.3, -0.25) is 4.79 Å². The van der Waals surface area contributed by atoms with Crippen molar-refractivity contribution >= 4 is 5.97 Å². The minimum absolute atomic E-state index is 0.0287. The number of aliphatic carboxylic acids is 1. The van der Waals surface area contributed by atoms with Gasteiger partial charge in [-0.25, -0.2) is 0 Å². The second-order valence-corrected chi connectivity index (χ2v) is 11.4. The van der Waals surface area contributed by atoms with Crippen molar-refractivity contribution in [1.29, 1.82) is 0 Å². The Bertz CT molecular complexity index is 637. The van der Waals surface area contributed by atoms with Crippen LogP contribution < -0.4 is 0 Å². The van der Waals surface area contributed by atoms with Crippen molar-refractivity contribution in [3.8, 4) is 0 Å². The monoisotopic (exact) mass is 408 g/mol. The molecule has 0 saturated heterocycles. The molecule has 166 valence electrons. The number of carboxylic acid groups (broad SMARTS) is 1. The Hall–Kier alpha value is -0.650. The summed E-state index contributed by atoms with van der Waals surface area (Å²) in [7, 11) is 0. The van der Waals surface area contributed by atoms with Crippen molar-refractivity contribution in [2.75, 3.05) is 0 Å². The summed E-state index contributed by atoms with van der Waals surface area (Å²) in [5.74, 6) is 0.181. The number of aliphatic hydroxyl groups excluding tert-OH is 3. The predicted octanol–water partition coefficient (Wildman–Crippen LogP) is 3.45. The summed E-state index contributed by atoms with van der Waals surface area (Å²) < 4.78 is 0. The molecule has 4 aliphatic rings. The Kier molecular flexibility index (Phi) is 5.57. The second kappa shape index (κ2) is 7.49. The van der Waals surface area contributed by atoms with Crippen molar-refractivity contribution in [1.82, 2.24) is 0 Å². The highest BCUT2D eigenvalue weighted by molar-refractivity contribution is 5.66. The van der Waals surface area contributed by atoms with Crippen LogP contribution >= 0.6 is 0 Å². The number of carboxylic acids is 1. The van der Waals surface area contributed by atoms with Gasteiger partial charge in [0, 0.05) is 11.8 Å². The van der Waals surface area contributed by atoms with Crippen LogP contribution in [0.3, 0.4) is 0 Å². The van der Waals surface area contributed by atoms with Crippen LogP contribution in [0.25, 0.3) is 0 Å². The second-order valence-electron chi connectivity index (χ2n) is 11.4. The molecule has 0 aliphatic heterocycles. The van der Waals surface area contributed by atoms with E-state index in [0.717, 1.165) is 6.42 Å². The molecule has 4 N–H and O–H groups in total. The quantitative estimate of drug-likeness (QED) is 0.571. The molecule has 4 aliphatic carbocycles. The lowest BCUT2D eigenvalue weighted by Gasteiger charge is -2.63. The van der Waals surface area contributed by atoms with Crippen LogP contribution in [0.4, 0.5) is 0 Å². The average Bonchev–Trinajstić information content (AvgIpc) is 2.92. The average molecular weight is 409 g/mol. The fraction of sp³-hybridized carbons (Fsp3) is 0.958. The van der Waals surface area contributed by atoms with Crippen LogP contribution in [-0.2, 0) is 4.79 Å². The first-order chi connectivity index (χ1) is 13.6. The van der Waals surface area contributed by atoms with Crippen molar-refractivity contribution in [3.63, 3.8) is 0 Å². The first-order valence-corrected chi connectivity index (χ1v) is 11.9. The van der Waals surface area contributed by atoms with Gasteiger partial charge in [-0.1, -0.05) is 33.6 Å². The normalized spacial score (nSPS) is 52.9. The number of carbonyl (C=O) groups is 1. The van der Waals surface area contributed by atoms with Crippen LogP contribution in [-0.4, -0.2) is 44.7 Å². The summed E-state index contributed by atoms with van der Waals surface area (Å²) in [5, 5.41) is 42.9. The highest BCUT2D eigenvalue weighted by Crippen LogP contribution is 2.68. The minimum Gasteiger partial charge on any atom is -0.481 e. The molecule has 0 bridgehead atoms. The van der Waals surface area contributed by atoms with Crippen LogP contribution in [0.1, 0.15) is 78.6 Å². The molecule has 4 saturated carbocycles.